The molecule has 0 bridgehead atoms. The standard InChI is InChI=1S/C17H19N5O2/c1-11-9-22-13-14(19(2)17(24)20(3)15(13)23)18-16(22)21(11)10-12-7-5-4-6-8-12/h4-9,13-14H,10H2,1-3H3. The molecule has 24 heavy (non-hydrogen) atoms. The van der Waals surface area contributed by atoms with Crippen molar-refractivity contribution in [1.29, 1.82) is 0 Å². The summed E-state index contributed by atoms with van der Waals surface area (Å²) in [4.78, 5) is 36.1. The summed E-state index contributed by atoms with van der Waals surface area (Å²) in [5.41, 5.74) is 2.20. The van der Waals surface area contributed by atoms with Gasteiger partial charge in [0.25, 0.3) is 5.91 Å². The highest BCUT2D eigenvalue weighted by Crippen LogP contribution is 2.34. The molecule has 2 unspecified atom stereocenters. The van der Waals surface area contributed by atoms with Crippen LogP contribution in [0.15, 0.2) is 47.2 Å². The third-order valence-electron chi connectivity index (χ3n) is 4.81. The Labute approximate surface area is 140 Å². The molecule has 1 aromatic rings. The average molecular weight is 325 g/mol. The largest absolute Gasteiger partial charge is 0.328 e. The van der Waals surface area contributed by atoms with Gasteiger partial charge >= 0.3 is 6.03 Å². The van der Waals surface area contributed by atoms with Gasteiger partial charge in [0, 0.05) is 26.0 Å². The van der Waals surface area contributed by atoms with E-state index in [1.54, 1.807) is 7.05 Å². The van der Waals surface area contributed by atoms with Crippen molar-refractivity contribution in [3.05, 3.63) is 47.8 Å². The molecule has 2 atom stereocenters. The number of hydrogen-bond donors (Lipinski definition) is 0. The first-order valence-corrected chi connectivity index (χ1v) is 7.89. The molecule has 0 aliphatic carbocycles. The molecule has 0 radical (unpaired) electrons. The van der Waals surface area contributed by atoms with Crippen LogP contribution in [0.4, 0.5) is 4.79 Å². The fourth-order valence-corrected chi connectivity index (χ4v) is 3.45. The highest BCUT2D eigenvalue weighted by molar-refractivity contribution is 6.04. The van der Waals surface area contributed by atoms with E-state index in [4.69, 9.17) is 4.99 Å². The maximum Gasteiger partial charge on any atom is 0.328 e. The molecule has 3 amide bonds. The van der Waals surface area contributed by atoms with E-state index in [2.05, 4.69) is 17.0 Å². The van der Waals surface area contributed by atoms with Crippen LogP contribution in [-0.4, -0.2) is 63.8 Å². The van der Waals surface area contributed by atoms with Crippen LogP contribution in [0, 0.1) is 0 Å². The summed E-state index contributed by atoms with van der Waals surface area (Å²) in [7, 11) is 3.21. The van der Waals surface area contributed by atoms with Crippen LogP contribution in [0.2, 0.25) is 0 Å². The lowest BCUT2D eigenvalue weighted by Crippen LogP contribution is -2.63. The highest BCUT2D eigenvalue weighted by Gasteiger charge is 2.53. The zero-order chi connectivity index (χ0) is 17.0. The number of fused-ring (bicyclic) bond motifs is 3. The van der Waals surface area contributed by atoms with Crippen LogP contribution >= 0.6 is 0 Å². The summed E-state index contributed by atoms with van der Waals surface area (Å²) in [5, 5.41) is 0. The van der Waals surface area contributed by atoms with Gasteiger partial charge in [-0.2, -0.15) is 0 Å². The van der Waals surface area contributed by atoms with Crippen LogP contribution in [0.25, 0.3) is 0 Å². The lowest BCUT2D eigenvalue weighted by molar-refractivity contribution is -0.135. The van der Waals surface area contributed by atoms with Crippen molar-refractivity contribution < 1.29 is 9.59 Å². The van der Waals surface area contributed by atoms with E-state index in [1.165, 1.54) is 16.8 Å². The average Bonchev–Trinajstić information content (AvgIpc) is 3.09. The smallest absolute Gasteiger partial charge is 0.310 e. The second-order valence-electron chi connectivity index (χ2n) is 6.33. The first kappa shape index (κ1) is 14.7. The number of benzene rings is 1. The number of aliphatic imine (C=N–C) groups is 1. The molecule has 1 fully saturated rings. The lowest BCUT2D eigenvalue weighted by Gasteiger charge is -2.38. The van der Waals surface area contributed by atoms with Gasteiger partial charge in [0.1, 0.15) is 0 Å². The number of likely N-dealkylation sites (N-methyl/N-ethyl adjacent to an activating group) is 2. The zero-order valence-electron chi connectivity index (χ0n) is 13.9. The van der Waals surface area contributed by atoms with E-state index in [-0.39, 0.29) is 11.9 Å². The second kappa shape index (κ2) is 5.09. The van der Waals surface area contributed by atoms with Crippen LogP contribution in [0.1, 0.15) is 12.5 Å². The fourth-order valence-electron chi connectivity index (χ4n) is 3.45. The third-order valence-corrected chi connectivity index (χ3v) is 4.81. The normalized spacial score (nSPS) is 25.8. The number of amides is 3. The Morgan fingerprint density at radius 2 is 1.83 bits per heavy atom. The van der Waals surface area contributed by atoms with Crippen LogP contribution in [0.3, 0.4) is 0 Å². The molecule has 1 saturated heterocycles. The monoisotopic (exact) mass is 325 g/mol. The number of hydrogen-bond acceptors (Lipinski definition) is 5. The molecule has 0 saturated carbocycles. The molecule has 4 rings (SSSR count). The van der Waals surface area contributed by atoms with E-state index in [1.807, 2.05) is 36.2 Å². The van der Waals surface area contributed by atoms with Crippen molar-refractivity contribution in [2.24, 2.45) is 4.99 Å². The van der Waals surface area contributed by atoms with E-state index >= 15 is 0 Å². The van der Waals surface area contributed by atoms with Crippen molar-refractivity contribution in [2.75, 3.05) is 14.1 Å². The third kappa shape index (κ3) is 1.94. The van der Waals surface area contributed by atoms with Gasteiger partial charge in [-0.3, -0.25) is 9.69 Å². The van der Waals surface area contributed by atoms with Crippen molar-refractivity contribution >= 4 is 17.9 Å². The number of nitrogens with zero attached hydrogens (tertiary/aromatic N) is 5. The molecule has 124 valence electrons. The SMILES string of the molecule is CC1=CN2C(=NC3C2C(=O)N(C)C(=O)N3C)N1Cc1ccccc1. The Morgan fingerprint density at radius 3 is 2.54 bits per heavy atom. The predicted molar refractivity (Wildman–Crippen MR) is 88.5 cm³/mol. The molecule has 7 nitrogen and oxygen atoms in total. The minimum absolute atomic E-state index is 0.215. The molecule has 3 heterocycles. The summed E-state index contributed by atoms with van der Waals surface area (Å²) >= 11 is 0. The summed E-state index contributed by atoms with van der Waals surface area (Å²) in [6.45, 7) is 2.68. The number of rotatable bonds is 2. The predicted octanol–water partition coefficient (Wildman–Crippen LogP) is 1.25. The van der Waals surface area contributed by atoms with Gasteiger partial charge in [-0.25, -0.2) is 9.79 Å². The molecule has 0 N–H and O–H groups in total. The lowest BCUT2D eigenvalue weighted by atomic mass is 10.1. The first-order chi connectivity index (χ1) is 11.5. The van der Waals surface area contributed by atoms with Gasteiger partial charge in [-0.05, 0) is 12.5 Å². The number of carbonyl (C=O) groups excluding carboxylic acids is 2. The van der Waals surface area contributed by atoms with Gasteiger partial charge in [0.15, 0.2) is 12.2 Å². The van der Waals surface area contributed by atoms with Gasteiger partial charge < -0.3 is 14.7 Å². The fraction of sp³-hybridized carbons (Fsp3) is 0.353. The summed E-state index contributed by atoms with van der Waals surface area (Å²) < 4.78 is 0. The molecular weight excluding hydrogens is 306 g/mol. The Kier molecular flexibility index (Phi) is 3.13. The molecule has 1 aromatic carbocycles. The molecule has 0 spiro atoms. The molecule has 0 aromatic heterocycles. The maximum atomic E-state index is 12.6. The van der Waals surface area contributed by atoms with E-state index in [9.17, 15) is 9.59 Å². The summed E-state index contributed by atoms with van der Waals surface area (Å²) in [5.74, 6) is 0.516. The summed E-state index contributed by atoms with van der Waals surface area (Å²) in [6.07, 6.45) is 1.47. The molecule has 7 heteroatoms. The second-order valence-corrected chi connectivity index (χ2v) is 6.33. The summed E-state index contributed by atoms with van der Waals surface area (Å²) in [6, 6.07) is 9.32. The highest BCUT2D eigenvalue weighted by atomic mass is 16.2. The van der Waals surface area contributed by atoms with Crippen LogP contribution in [0.5, 0.6) is 0 Å². The van der Waals surface area contributed by atoms with E-state index < -0.39 is 12.2 Å². The maximum absolute atomic E-state index is 12.6. The van der Waals surface area contributed by atoms with Gasteiger partial charge in [-0.15, -0.1) is 0 Å². The number of imide groups is 1. The Morgan fingerprint density at radius 1 is 1.12 bits per heavy atom. The Bertz CT molecular complexity index is 772. The zero-order valence-corrected chi connectivity index (χ0v) is 13.9. The first-order valence-electron chi connectivity index (χ1n) is 7.89. The molecule has 3 aliphatic heterocycles. The number of guanidine groups is 1. The van der Waals surface area contributed by atoms with Crippen LogP contribution < -0.4 is 0 Å². The number of carbonyl (C=O) groups is 2. The number of urea groups is 1. The Balaban J connectivity index is 1.67. The van der Waals surface area contributed by atoms with Gasteiger partial charge in [0.2, 0.25) is 5.96 Å². The minimum atomic E-state index is -0.483. The van der Waals surface area contributed by atoms with Crippen molar-refractivity contribution in [3.8, 4) is 0 Å². The topological polar surface area (TPSA) is 59.5 Å². The van der Waals surface area contributed by atoms with Crippen molar-refractivity contribution in [3.63, 3.8) is 0 Å². The minimum Gasteiger partial charge on any atom is -0.310 e. The quantitative estimate of drug-likeness (QED) is 0.821. The van der Waals surface area contributed by atoms with Crippen molar-refractivity contribution in [1.82, 2.24) is 19.6 Å². The molecular formula is C17H19N5O2. The van der Waals surface area contributed by atoms with Gasteiger partial charge in [-0.1, -0.05) is 30.3 Å². The van der Waals surface area contributed by atoms with Crippen molar-refractivity contribution in [2.45, 2.75) is 25.7 Å². The van der Waals surface area contributed by atoms with E-state index in [0.29, 0.717) is 6.54 Å². The number of allylic oxidation sites excluding steroid dienone is 1. The van der Waals surface area contributed by atoms with Gasteiger partial charge in [0.05, 0.1) is 6.54 Å². The Hall–Kier alpha value is -2.83. The van der Waals surface area contributed by atoms with E-state index in [0.717, 1.165) is 17.2 Å². The van der Waals surface area contributed by atoms with Crippen LogP contribution in [-0.2, 0) is 11.3 Å². The molecule has 3 aliphatic rings.